The molecule has 0 spiro atoms. The van der Waals surface area contributed by atoms with Crippen molar-refractivity contribution in [3.05, 3.63) is 48.2 Å². The molecule has 0 aliphatic heterocycles. The third-order valence-corrected chi connectivity index (χ3v) is 2.97. The van der Waals surface area contributed by atoms with Crippen molar-refractivity contribution >= 4 is 5.82 Å². The van der Waals surface area contributed by atoms with Gasteiger partial charge in [-0.05, 0) is 23.6 Å². The number of benzene rings is 1. The first-order valence-corrected chi connectivity index (χ1v) is 6.45. The Morgan fingerprint density at radius 2 is 1.95 bits per heavy atom. The number of hydrogen-bond acceptors (Lipinski definition) is 4. The number of aliphatic hydroxyl groups is 1. The molecule has 0 amide bonds. The maximum atomic E-state index is 8.82. The average molecular weight is 257 g/mol. The molecular weight excluding hydrogens is 238 g/mol. The minimum Gasteiger partial charge on any atom is -0.396 e. The number of anilines is 1. The standard InChI is InChI=1S/C15H19N3O/c16-11-14-13(12-5-2-1-3-6-12)7-9-18-15(14)17-8-4-10-19/h1-3,5-7,9,19H,4,8,10-11,16H2,(H,17,18). The van der Waals surface area contributed by atoms with Gasteiger partial charge in [0.1, 0.15) is 5.82 Å². The molecule has 0 fully saturated rings. The van der Waals surface area contributed by atoms with Gasteiger partial charge in [0.2, 0.25) is 0 Å². The summed E-state index contributed by atoms with van der Waals surface area (Å²) in [5.74, 6) is 0.803. The predicted octanol–water partition coefficient (Wildman–Crippen LogP) is 2.00. The molecule has 100 valence electrons. The summed E-state index contributed by atoms with van der Waals surface area (Å²) in [6, 6.07) is 12.1. The number of aliphatic hydroxyl groups excluding tert-OH is 1. The van der Waals surface area contributed by atoms with Crippen LogP contribution in [0.1, 0.15) is 12.0 Å². The fourth-order valence-corrected chi connectivity index (χ4v) is 2.03. The van der Waals surface area contributed by atoms with Crippen LogP contribution in [0.4, 0.5) is 5.82 Å². The lowest BCUT2D eigenvalue weighted by molar-refractivity contribution is 0.292. The van der Waals surface area contributed by atoms with Crippen LogP contribution in [0.3, 0.4) is 0 Å². The zero-order valence-corrected chi connectivity index (χ0v) is 10.8. The van der Waals surface area contributed by atoms with Crippen LogP contribution < -0.4 is 11.1 Å². The molecule has 0 aliphatic rings. The lowest BCUT2D eigenvalue weighted by Gasteiger charge is -2.14. The number of hydrogen-bond donors (Lipinski definition) is 3. The number of nitrogens with zero attached hydrogens (tertiary/aromatic N) is 1. The molecule has 0 saturated heterocycles. The van der Waals surface area contributed by atoms with Gasteiger partial charge in [0.15, 0.2) is 0 Å². The minimum atomic E-state index is 0.170. The highest BCUT2D eigenvalue weighted by molar-refractivity contribution is 5.71. The van der Waals surface area contributed by atoms with Gasteiger partial charge in [-0.3, -0.25) is 0 Å². The molecule has 0 unspecified atom stereocenters. The van der Waals surface area contributed by atoms with E-state index in [1.54, 1.807) is 6.20 Å². The minimum absolute atomic E-state index is 0.170. The molecule has 4 nitrogen and oxygen atoms in total. The van der Waals surface area contributed by atoms with Gasteiger partial charge in [-0.2, -0.15) is 0 Å². The first-order chi connectivity index (χ1) is 9.36. The Balaban J connectivity index is 2.31. The smallest absolute Gasteiger partial charge is 0.131 e. The van der Waals surface area contributed by atoms with Gasteiger partial charge in [0.25, 0.3) is 0 Å². The monoisotopic (exact) mass is 257 g/mol. The van der Waals surface area contributed by atoms with Crippen LogP contribution in [0, 0.1) is 0 Å². The Morgan fingerprint density at radius 1 is 1.16 bits per heavy atom. The second-order valence-corrected chi connectivity index (χ2v) is 4.26. The van der Waals surface area contributed by atoms with E-state index < -0.39 is 0 Å². The molecule has 2 aromatic rings. The molecule has 4 N–H and O–H groups in total. The molecule has 0 atom stereocenters. The van der Waals surface area contributed by atoms with Crippen molar-refractivity contribution in [1.82, 2.24) is 4.98 Å². The van der Waals surface area contributed by atoms with Crippen LogP contribution in [0.5, 0.6) is 0 Å². The Bertz CT molecular complexity index is 514. The van der Waals surface area contributed by atoms with Crippen LogP contribution >= 0.6 is 0 Å². The number of rotatable bonds is 6. The first-order valence-electron chi connectivity index (χ1n) is 6.45. The first kappa shape index (κ1) is 13.5. The van der Waals surface area contributed by atoms with E-state index in [2.05, 4.69) is 22.4 Å². The highest BCUT2D eigenvalue weighted by Gasteiger charge is 2.09. The predicted molar refractivity (Wildman–Crippen MR) is 77.8 cm³/mol. The number of aromatic nitrogens is 1. The summed E-state index contributed by atoms with van der Waals surface area (Å²) in [7, 11) is 0. The molecular formula is C15H19N3O. The topological polar surface area (TPSA) is 71.2 Å². The molecule has 19 heavy (non-hydrogen) atoms. The Morgan fingerprint density at radius 3 is 2.63 bits per heavy atom. The normalized spacial score (nSPS) is 10.4. The lowest BCUT2D eigenvalue weighted by Crippen LogP contribution is -2.10. The maximum Gasteiger partial charge on any atom is 0.131 e. The van der Waals surface area contributed by atoms with E-state index in [0.29, 0.717) is 19.5 Å². The SMILES string of the molecule is NCc1c(-c2ccccc2)ccnc1NCCCO. The fraction of sp³-hybridized carbons (Fsp3) is 0.267. The summed E-state index contributed by atoms with van der Waals surface area (Å²) in [4.78, 5) is 4.33. The third kappa shape index (κ3) is 3.30. The molecule has 0 saturated carbocycles. The van der Waals surface area contributed by atoms with E-state index >= 15 is 0 Å². The molecule has 4 heteroatoms. The fourth-order valence-electron chi connectivity index (χ4n) is 2.03. The summed E-state index contributed by atoms with van der Waals surface area (Å²) >= 11 is 0. The largest absolute Gasteiger partial charge is 0.396 e. The van der Waals surface area contributed by atoms with Crippen LogP contribution in [0.2, 0.25) is 0 Å². The zero-order chi connectivity index (χ0) is 13.5. The molecule has 1 heterocycles. The summed E-state index contributed by atoms with van der Waals surface area (Å²) in [6.07, 6.45) is 2.48. The summed E-state index contributed by atoms with van der Waals surface area (Å²) in [5, 5.41) is 12.0. The van der Waals surface area contributed by atoms with Crippen LogP contribution in [0.15, 0.2) is 42.6 Å². The second-order valence-electron chi connectivity index (χ2n) is 4.26. The van der Waals surface area contributed by atoms with Crippen molar-refractivity contribution in [2.75, 3.05) is 18.5 Å². The molecule has 1 aromatic carbocycles. The Kier molecular flexibility index (Phi) is 4.89. The summed E-state index contributed by atoms with van der Waals surface area (Å²) in [5.41, 5.74) is 9.11. The van der Waals surface area contributed by atoms with Crippen LogP contribution in [-0.2, 0) is 6.54 Å². The molecule has 2 rings (SSSR count). The lowest BCUT2D eigenvalue weighted by atomic mass is 10.0. The molecule has 0 bridgehead atoms. The van der Waals surface area contributed by atoms with Crippen LogP contribution in [0.25, 0.3) is 11.1 Å². The third-order valence-electron chi connectivity index (χ3n) is 2.97. The van der Waals surface area contributed by atoms with E-state index in [9.17, 15) is 0 Å². The van der Waals surface area contributed by atoms with Crippen molar-refractivity contribution in [1.29, 1.82) is 0 Å². The van der Waals surface area contributed by atoms with Gasteiger partial charge in [0, 0.05) is 31.5 Å². The van der Waals surface area contributed by atoms with Crippen molar-refractivity contribution in [3.63, 3.8) is 0 Å². The molecule has 0 aliphatic carbocycles. The van der Waals surface area contributed by atoms with Crippen molar-refractivity contribution in [3.8, 4) is 11.1 Å². The van der Waals surface area contributed by atoms with Gasteiger partial charge in [-0.1, -0.05) is 30.3 Å². The second kappa shape index (κ2) is 6.87. The molecule has 1 aromatic heterocycles. The highest BCUT2D eigenvalue weighted by Crippen LogP contribution is 2.27. The van der Waals surface area contributed by atoms with E-state index in [1.165, 1.54) is 0 Å². The van der Waals surface area contributed by atoms with E-state index in [0.717, 1.165) is 22.5 Å². The van der Waals surface area contributed by atoms with Crippen molar-refractivity contribution in [2.24, 2.45) is 5.73 Å². The Labute approximate surface area is 113 Å². The summed E-state index contributed by atoms with van der Waals surface area (Å²) in [6.45, 7) is 1.29. The average Bonchev–Trinajstić information content (AvgIpc) is 2.48. The van der Waals surface area contributed by atoms with Gasteiger partial charge in [0.05, 0.1) is 0 Å². The quantitative estimate of drug-likeness (QED) is 0.692. The van der Waals surface area contributed by atoms with Crippen molar-refractivity contribution in [2.45, 2.75) is 13.0 Å². The summed E-state index contributed by atoms with van der Waals surface area (Å²) < 4.78 is 0. The number of nitrogens with one attached hydrogen (secondary N) is 1. The van der Waals surface area contributed by atoms with Crippen LogP contribution in [-0.4, -0.2) is 23.2 Å². The van der Waals surface area contributed by atoms with E-state index in [1.807, 2.05) is 24.3 Å². The van der Waals surface area contributed by atoms with Gasteiger partial charge in [-0.25, -0.2) is 4.98 Å². The van der Waals surface area contributed by atoms with Gasteiger partial charge < -0.3 is 16.2 Å². The van der Waals surface area contributed by atoms with E-state index in [-0.39, 0.29) is 6.61 Å². The number of pyridine rings is 1. The highest BCUT2D eigenvalue weighted by atomic mass is 16.3. The van der Waals surface area contributed by atoms with Gasteiger partial charge in [-0.15, -0.1) is 0 Å². The van der Waals surface area contributed by atoms with Crippen molar-refractivity contribution < 1.29 is 5.11 Å². The van der Waals surface area contributed by atoms with Gasteiger partial charge >= 0.3 is 0 Å². The maximum absolute atomic E-state index is 8.82. The zero-order valence-electron chi connectivity index (χ0n) is 10.8. The Hall–Kier alpha value is -1.91. The number of nitrogens with two attached hydrogens (primary N) is 1. The van der Waals surface area contributed by atoms with E-state index in [4.69, 9.17) is 10.8 Å². The molecule has 0 radical (unpaired) electrons.